The van der Waals surface area contributed by atoms with E-state index in [9.17, 15) is 0 Å². The highest BCUT2D eigenvalue weighted by Crippen LogP contribution is 2.29. The van der Waals surface area contributed by atoms with Crippen LogP contribution >= 0.6 is 34.2 Å². The first-order valence-corrected chi connectivity index (χ1v) is 5.97. The standard InChI is InChI=1S/C10H12ClI/c1-8(7-12)10(11)9-5-3-2-4-6-9/h2-6,8,10H,7H2,1H3. The monoisotopic (exact) mass is 294 g/mol. The van der Waals surface area contributed by atoms with Crippen molar-refractivity contribution in [1.82, 2.24) is 0 Å². The average molecular weight is 295 g/mol. The Labute approximate surface area is 92.5 Å². The molecule has 0 bridgehead atoms. The van der Waals surface area contributed by atoms with Gasteiger partial charge in [0.25, 0.3) is 0 Å². The van der Waals surface area contributed by atoms with Crippen LogP contribution in [0.1, 0.15) is 17.9 Å². The molecule has 0 amide bonds. The molecule has 0 saturated heterocycles. The second-order valence-electron chi connectivity index (χ2n) is 2.94. The van der Waals surface area contributed by atoms with Crippen LogP contribution in [-0.2, 0) is 0 Å². The number of benzene rings is 1. The Morgan fingerprint density at radius 2 is 1.92 bits per heavy atom. The van der Waals surface area contributed by atoms with Gasteiger partial charge in [0, 0.05) is 4.43 Å². The minimum atomic E-state index is 0.156. The van der Waals surface area contributed by atoms with Gasteiger partial charge in [-0.2, -0.15) is 0 Å². The summed E-state index contributed by atoms with van der Waals surface area (Å²) in [6, 6.07) is 10.2. The van der Waals surface area contributed by atoms with Gasteiger partial charge in [0.1, 0.15) is 0 Å². The Kier molecular flexibility index (Phi) is 4.36. The van der Waals surface area contributed by atoms with Crippen LogP contribution in [0.4, 0.5) is 0 Å². The summed E-state index contributed by atoms with van der Waals surface area (Å²) in [5, 5.41) is 0.156. The van der Waals surface area contributed by atoms with Crippen LogP contribution in [0.2, 0.25) is 0 Å². The molecule has 0 spiro atoms. The lowest BCUT2D eigenvalue weighted by Gasteiger charge is -2.15. The smallest absolute Gasteiger partial charge is 0.0618 e. The highest BCUT2D eigenvalue weighted by Gasteiger charge is 2.14. The van der Waals surface area contributed by atoms with Crippen molar-refractivity contribution >= 4 is 34.2 Å². The molecule has 0 aliphatic rings. The van der Waals surface area contributed by atoms with Crippen LogP contribution in [0.3, 0.4) is 0 Å². The Morgan fingerprint density at radius 1 is 1.33 bits per heavy atom. The molecule has 2 unspecified atom stereocenters. The van der Waals surface area contributed by atoms with E-state index in [4.69, 9.17) is 11.6 Å². The summed E-state index contributed by atoms with van der Waals surface area (Å²) in [4.78, 5) is 0. The summed E-state index contributed by atoms with van der Waals surface area (Å²) in [7, 11) is 0. The number of alkyl halides is 2. The van der Waals surface area contributed by atoms with Gasteiger partial charge in [0.15, 0.2) is 0 Å². The maximum atomic E-state index is 6.25. The van der Waals surface area contributed by atoms with Gasteiger partial charge in [0.2, 0.25) is 0 Å². The first-order chi connectivity index (χ1) is 5.75. The number of rotatable bonds is 3. The molecule has 0 radical (unpaired) electrons. The second kappa shape index (κ2) is 5.07. The molecule has 1 aromatic carbocycles. The number of halogens is 2. The molecule has 0 N–H and O–H groups in total. The van der Waals surface area contributed by atoms with Crippen molar-refractivity contribution in [3.05, 3.63) is 35.9 Å². The molecule has 2 heteroatoms. The minimum Gasteiger partial charge on any atom is -0.118 e. The fourth-order valence-corrected chi connectivity index (χ4v) is 2.09. The highest BCUT2D eigenvalue weighted by atomic mass is 127. The Balaban J connectivity index is 2.71. The van der Waals surface area contributed by atoms with E-state index in [2.05, 4.69) is 41.6 Å². The molecule has 0 aromatic heterocycles. The molecule has 0 aliphatic carbocycles. The van der Waals surface area contributed by atoms with Crippen molar-refractivity contribution in [1.29, 1.82) is 0 Å². The normalized spacial score (nSPS) is 15.6. The molecular weight excluding hydrogens is 282 g/mol. The van der Waals surface area contributed by atoms with Crippen LogP contribution in [0.15, 0.2) is 30.3 Å². The zero-order valence-electron chi connectivity index (χ0n) is 7.00. The summed E-state index contributed by atoms with van der Waals surface area (Å²) in [5.41, 5.74) is 1.23. The minimum absolute atomic E-state index is 0.156. The summed E-state index contributed by atoms with van der Waals surface area (Å²) >= 11 is 8.62. The first-order valence-electron chi connectivity index (χ1n) is 4.00. The molecule has 0 nitrogen and oxygen atoms in total. The largest absolute Gasteiger partial charge is 0.118 e. The highest BCUT2D eigenvalue weighted by molar-refractivity contribution is 14.1. The van der Waals surface area contributed by atoms with E-state index in [0.717, 1.165) is 4.43 Å². The van der Waals surface area contributed by atoms with E-state index < -0.39 is 0 Å². The molecule has 1 rings (SSSR count). The van der Waals surface area contributed by atoms with Crippen molar-refractivity contribution in [3.8, 4) is 0 Å². The van der Waals surface area contributed by atoms with E-state index in [1.54, 1.807) is 0 Å². The van der Waals surface area contributed by atoms with E-state index >= 15 is 0 Å². The molecule has 0 aliphatic heterocycles. The van der Waals surface area contributed by atoms with Gasteiger partial charge in [-0.3, -0.25) is 0 Å². The summed E-state index contributed by atoms with van der Waals surface area (Å²) < 4.78 is 1.10. The van der Waals surface area contributed by atoms with Crippen molar-refractivity contribution < 1.29 is 0 Å². The number of hydrogen-bond donors (Lipinski definition) is 0. The lowest BCUT2D eigenvalue weighted by atomic mass is 10.0. The van der Waals surface area contributed by atoms with E-state index in [-0.39, 0.29) is 5.38 Å². The quantitative estimate of drug-likeness (QED) is 0.583. The van der Waals surface area contributed by atoms with Crippen LogP contribution < -0.4 is 0 Å². The fourth-order valence-electron chi connectivity index (χ4n) is 1.04. The van der Waals surface area contributed by atoms with Gasteiger partial charge in [-0.25, -0.2) is 0 Å². The topological polar surface area (TPSA) is 0 Å². The van der Waals surface area contributed by atoms with E-state index in [0.29, 0.717) is 5.92 Å². The third-order valence-electron chi connectivity index (χ3n) is 1.86. The Morgan fingerprint density at radius 3 is 2.42 bits per heavy atom. The van der Waals surface area contributed by atoms with E-state index in [1.165, 1.54) is 5.56 Å². The van der Waals surface area contributed by atoms with Crippen molar-refractivity contribution in [3.63, 3.8) is 0 Å². The van der Waals surface area contributed by atoms with Crippen LogP contribution in [0.5, 0.6) is 0 Å². The molecule has 0 heterocycles. The molecule has 2 atom stereocenters. The Hall–Kier alpha value is 0.240. The lowest BCUT2D eigenvalue weighted by molar-refractivity contribution is 0.644. The molecule has 66 valence electrons. The van der Waals surface area contributed by atoms with Gasteiger partial charge in [-0.1, -0.05) is 59.8 Å². The van der Waals surface area contributed by atoms with Crippen molar-refractivity contribution in [2.75, 3.05) is 4.43 Å². The van der Waals surface area contributed by atoms with Crippen molar-refractivity contribution in [2.45, 2.75) is 12.3 Å². The van der Waals surface area contributed by atoms with Gasteiger partial charge in [-0.05, 0) is 11.5 Å². The summed E-state index contributed by atoms with van der Waals surface area (Å²) in [6.45, 7) is 2.18. The van der Waals surface area contributed by atoms with Gasteiger partial charge in [-0.15, -0.1) is 11.6 Å². The number of hydrogen-bond acceptors (Lipinski definition) is 0. The second-order valence-corrected chi connectivity index (χ2v) is 4.30. The van der Waals surface area contributed by atoms with Crippen molar-refractivity contribution in [2.24, 2.45) is 5.92 Å². The van der Waals surface area contributed by atoms with E-state index in [1.807, 2.05) is 18.2 Å². The maximum Gasteiger partial charge on any atom is 0.0618 e. The van der Waals surface area contributed by atoms with Gasteiger partial charge < -0.3 is 0 Å². The van der Waals surface area contributed by atoms with Gasteiger partial charge >= 0.3 is 0 Å². The van der Waals surface area contributed by atoms with Crippen LogP contribution in [0, 0.1) is 5.92 Å². The first kappa shape index (κ1) is 10.3. The summed E-state index contributed by atoms with van der Waals surface area (Å²) in [6.07, 6.45) is 0. The zero-order valence-corrected chi connectivity index (χ0v) is 9.92. The van der Waals surface area contributed by atoms with Crippen LogP contribution in [0.25, 0.3) is 0 Å². The maximum absolute atomic E-state index is 6.25. The molecule has 0 fully saturated rings. The predicted molar refractivity (Wildman–Crippen MR) is 63.1 cm³/mol. The summed E-state index contributed by atoms with van der Waals surface area (Å²) in [5.74, 6) is 0.537. The predicted octanol–water partition coefficient (Wildman–Crippen LogP) is 4.04. The molecule has 12 heavy (non-hydrogen) atoms. The fraction of sp³-hybridized carbons (Fsp3) is 0.400. The Bertz CT molecular complexity index is 223. The SMILES string of the molecule is CC(CI)C(Cl)c1ccccc1. The molecule has 0 saturated carbocycles. The lowest BCUT2D eigenvalue weighted by Crippen LogP contribution is -2.04. The zero-order chi connectivity index (χ0) is 8.97. The average Bonchev–Trinajstić information content (AvgIpc) is 2.17. The van der Waals surface area contributed by atoms with Gasteiger partial charge in [0.05, 0.1) is 5.38 Å². The molecular formula is C10H12ClI. The molecule has 1 aromatic rings. The third-order valence-corrected chi connectivity index (χ3v) is 3.93. The third kappa shape index (κ3) is 2.63. The van der Waals surface area contributed by atoms with Crippen LogP contribution in [-0.4, -0.2) is 4.43 Å².